The molecule has 12 rings (SSSR count). The second-order valence-corrected chi connectivity index (χ2v) is 18.0. The second-order valence-electron chi connectivity index (χ2n) is 18.0. The van der Waals surface area contributed by atoms with E-state index in [1.807, 2.05) is 121 Å². The van der Waals surface area contributed by atoms with Crippen molar-refractivity contribution in [3.8, 4) is 120 Å². The maximum Gasteiger partial charge on any atom is 0.162 e. The molecule has 0 saturated carbocycles. The summed E-state index contributed by atoms with van der Waals surface area (Å²) in [6.07, 6.45) is 0. The number of hydrogen-bond acceptors (Lipinski definition) is 8. The van der Waals surface area contributed by atoms with E-state index in [9.17, 15) is 21.0 Å². The van der Waals surface area contributed by atoms with Crippen molar-refractivity contribution in [2.45, 2.75) is 0 Å². The molecular weight excluding hydrogens is 919 g/mol. The van der Waals surface area contributed by atoms with Gasteiger partial charge in [-0.3, -0.25) is 0 Å². The number of nitrogens with zero attached hydrogens (tertiary/aromatic N) is 9. The van der Waals surface area contributed by atoms with E-state index in [1.165, 1.54) is 0 Å². The molecule has 75 heavy (non-hydrogen) atoms. The molecule has 0 aliphatic carbocycles. The van der Waals surface area contributed by atoms with Crippen LogP contribution < -0.4 is 0 Å². The lowest BCUT2D eigenvalue weighted by Crippen LogP contribution is -2.03. The fourth-order valence-electron chi connectivity index (χ4n) is 9.71. The normalized spacial score (nSPS) is 10.9. The summed E-state index contributed by atoms with van der Waals surface area (Å²) in [4.78, 5) is 21.1. The van der Waals surface area contributed by atoms with E-state index in [2.05, 4.69) is 95.6 Å². The zero-order valence-corrected chi connectivity index (χ0v) is 39.9. The third-order valence-electron chi connectivity index (χ3n) is 13.3. The lowest BCUT2D eigenvalue weighted by molar-refractivity contribution is 1.13. The quantitative estimate of drug-likeness (QED) is 0.139. The molecule has 0 aliphatic rings. The van der Waals surface area contributed by atoms with Crippen LogP contribution >= 0.6 is 0 Å². The number of hydrogen-bond donors (Lipinski definition) is 0. The molecule has 3 heterocycles. The molecule has 0 unspecified atom stereocenters. The summed E-state index contributed by atoms with van der Waals surface area (Å²) in [5.41, 5.74) is 15.4. The Hall–Kier alpha value is -11.1. The van der Waals surface area contributed by atoms with Crippen molar-refractivity contribution in [2.24, 2.45) is 0 Å². The molecule has 0 amide bonds. The van der Waals surface area contributed by atoms with Gasteiger partial charge in [-0.1, -0.05) is 140 Å². The smallest absolute Gasteiger partial charge is 0.162 e. The van der Waals surface area contributed by atoms with Crippen LogP contribution in [0.4, 0.5) is 0 Å². The Bertz CT molecular complexity index is 4070. The summed E-state index contributed by atoms with van der Waals surface area (Å²) < 4.78 is 2.22. The standard InChI is InChI=1S/C66H37N9/c67-38-42-27-43(39-68)30-53(29-42)50-21-24-62-55(33-50)56-34-51(54-31-44(40-69)28-45(32-54)41-70)22-25-63(56)75(62)64-26-23-52(61-37-58(46-13-5-1-6-14-46)71-65(72-61)49-19-11-4-12-20-49)35-57(64)66-73-59(47-15-7-2-8-16-47)36-60(74-66)48-17-9-3-10-18-48/h1-37H. The number of benzene rings is 9. The van der Waals surface area contributed by atoms with Crippen LogP contribution in [0.5, 0.6) is 0 Å². The van der Waals surface area contributed by atoms with Crippen LogP contribution in [0.2, 0.25) is 0 Å². The minimum atomic E-state index is 0.382. The average Bonchev–Trinajstić information content (AvgIpc) is 3.88. The van der Waals surface area contributed by atoms with E-state index < -0.39 is 0 Å². The van der Waals surface area contributed by atoms with Crippen molar-refractivity contribution < 1.29 is 0 Å². The van der Waals surface area contributed by atoms with Gasteiger partial charge in [0.2, 0.25) is 0 Å². The molecule has 3 aromatic heterocycles. The van der Waals surface area contributed by atoms with Gasteiger partial charge in [-0.15, -0.1) is 0 Å². The van der Waals surface area contributed by atoms with E-state index in [0.717, 1.165) is 100 Å². The molecule has 9 nitrogen and oxygen atoms in total. The van der Waals surface area contributed by atoms with Gasteiger partial charge in [-0.2, -0.15) is 21.0 Å². The van der Waals surface area contributed by atoms with Crippen molar-refractivity contribution in [3.63, 3.8) is 0 Å². The fraction of sp³-hybridized carbons (Fsp3) is 0. The molecule has 0 fully saturated rings. The van der Waals surface area contributed by atoms with E-state index in [0.29, 0.717) is 39.6 Å². The first kappa shape index (κ1) is 45.1. The Morgan fingerprint density at radius 2 is 0.640 bits per heavy atom. The van der Waals surface area contributed by atoms with Crippen molar-refractivity contribution >= 4 is 21.8 Å². The van der Waals surface area contributed by atoms with Crippen LogP contribution in [0.15, 0.2) is 224 Å². The second kappa shape index (κ2) is 19.2. The number of nitriles is 4. The highest BCUT2D eigenvalue weighted by atomic mass is 15.0. The highest BCUT2D eigenvalue weighted by Gasteiger charge is 2.22. The van der Waals surface area contributed by atoms with Gasteiger partial charge >= 0.3 is 0 Å². The Morgan fingerprint density at radius 3 is 1.04 bits per heavy atom. The third-order valence-corrected chi connectivity index (χ3v) is 13.3. The highest BCUT2D eigenvalue weighted by Crippen LogP contribution is 2.42. The predicted molar refractivity (Wildman–Crippen MR) is 294 cm³/mol. The summed E-state index contributed by atoms with van der Waals surface area (Å²) in [7, 11) is 0. The van der Waals surface area contributed by atoms with Gasteiger partial charge in [0.05, 0.1) is 86.0 Å². The van der Waals surface area contributed by atoms with Gasteiger partial charge in [0, 0.05) is 44.2 Å². The van der Waals surface area contributed by atoms with Gasteiger partial charge in [0.25, 0.3) is 0 Å². The first-order valence-electron chi connectivity index (χ1n) is 24.1. The Morgan fingerprint density at radius 1 is 0.280 bits per heavy atom. The lowest BCUT2D eigenvalue weighted by Gasteiger charge is -2.17. The van der Waals surface area contributed by atoms with Gasteiger partial charge in [-0.25, -0.2) is 19.9 Å². The minimum absolute atomic E-state index is 0.382. The van der Waals surface area contributed by atoms with Gasteiger partial charge in [0.15, 0.2) is 11.6 Å². The van der Waals surface area contributed by atoms with Crippen LogP contribution in [0.25, 0.3) is 118 Å². The van der Waals surface area contributed by atoms with Crippen molar-refractivity contribution in [2.75, 3.05) is 0 Å². The zero-order chi connectivity index (χ0) is 50.8. The molecule has 0 N–H and O–H groups in total. The summed E-state index contributed by atoms with van der Waals surface area (Å²) in [5, 5.41) is 41.7. The molecule has 9 heteroatoms. The molecule has 0 bridgehead atoms. The Balaban J connectivity index is 1.16. The molecule has 0 radical (unpaired) electrons. The van der Waals surface area contributed by atoms with E-state index in [-0.39, 0.29) is 0 Å². The van der Waals surface area contributed by atoms with Crippen LogP contribution in [0.3, 0.4) is 0 Å². The maximum atomic E-state index is 9.97. The first-order valence-corrected chi connectivity index (χ1v) is 24.1. The topological polar surface area (TPSA) is 152 Å². The maximum absolute atomic E-state index is 9.97. The molecule has 0 saturated heterocycles. The molecular formula is C66H37N9. The summed E-state index contributed by atoms with van der Waals surface area (Å²) in [5.74, 6) is 1.08. The molecule has 346 valence electrons. The van der Waals surface area contributed by atoms with Crippen LogP contribution in [-0.2, 0) is 0 Å². The molecule has 9 aromatic carbocycles. The largest absolute Gasteiger partial charge is 0.308 e. The number of rotatable bonds is 9. The first-order chi connectivity index (χ1) is 36.9. The summed E-state index contributed by atoms with van der Waals surface area (Å²) in [6, 6.07) is 82.2. The van der Waals surface area contributed by atoms with Gasteiger partial charge in [-0.05, 0) is 107 Å². The van der Waals surface area contributed by atoms with Crippen molar-refractivity contribution in [3.05, 3.63) is 247 Å². The SMILES string of the molecule is N#Cc1cc(C#N)cc(-c2ccc3c(c2)c2cc(-c4cc(C#N)cc(C#N)c4)ccc2n3-c2ccc(-c3cc(-c4ccccc4)nc(-c4ccccc4)n3)cc2-c2nc(-c3ccccc3)cc(-c3ccccc3)n2)c1. The molecule has 12 aromatic rings. The molecule has 0 aliphatic heterocycles. The Kier molecular flexibility index (Phi) is 11.6. The monoisotopic (exact) mass is 955 g/mol. The summed E-state index contributed by atoms with van der Waals surface area (Å²) >= 11 is 0. The zero-order valence-electron chi connectivity index (χ0n) is 39.9. The van der Waals surface area contributed by atoms with E-state index in [1.54, 1.807) is 36.4 Å². The number of fused-ring (bicyclic) bond motifs is 3. The van der Waals surface area contributed by atoms with Crippen LogP contribution in [0.1, 0.15) is 22.3 Å². The van der Waals surface area contributed by atoms with Gasteiger partial charge < -0.3 is 4.57 Å². The van der Waals surface area contributed by atoms with Gasteiger partial charge in [0.1, 0.15) is 0 Å². The van der Waals surface area contributed by atoms with E-state index >= 15 is 0 Å². The van der Waals surface area contributed by atoms with Crippen molar-refractivity contribution in [1.29, 1.82) is 21.0 Å². The van der Waals surface area contributed by atoms with Crippen LogP contribution in [0, 0.1) is 45.3 Å². The molecule has 0 spiro atoms. The lowest BCUT2D eigenvalue weighted by atomic mass is 9.97. The van der Waals surface area contributed by atoms with E-state index in [4.69, 9.17) is 19.9 Å². The number of aromatic nitrogens is 5. The molecule has 0 atom stereocenters. The van der Waals surface area contributed by atoms with Crippen LogP contribution in [-0.4, -0.2) is 24.5 Å². The van der Waals surface area contributed by atoms with Crippen molar-refractivity contribution in [1.82, 2.24) is 24.5 Å². The minimum Gasteiger partial charge on any atom is -0.308 e. The summed E-state index contributed by atoms with van der Waals surface area (Å²) in [6.45, 7) is 0. The Labute approximate surface area is 432 Å². The average molecular weight is 956 g/mol. The fourth-order valence-corrected chi connectivity index (χ4v) is 9.71. The highest BCUT2D eigenvalue weighted by molar-refractivity contribution is 6.12. The predicted octanol–water partition coefficient (Wildman–Crippen LogP) is 15.2. The third kappa shape index (κ3) is 8.68.